The number of anilines is 1. The van der Waals surface area contributed by atoms with E-state index in [0.29, 0.717) is 17.7 Å². The Morgan fingerprint density at radius 1 is 1.26 bits per heavy atom. The number of rotatable bonds is 8. The fourth-order valence-electron chi connectivity index (χ4n) is 1.82. The lowest BCUT2D eigenvalue weighted by atomic mass is 10.1. The first kappa shape index (κ1) is 20.9. The molecule has 1 aromatic rings. The Balaban J connectivity index is 0.00000484. The molecule has 0 aromatic heterocycles. The third-order valence-corrected chi connectivity index (χ3v) is 2.99. The Morgan fingerprint density at radius 2 is 1.96 bits per heavy atom. The second kappa shape index (κ2) is 10.6. The first-order valence-corrected chi connectivity index (χ1v) is 7.17. The molecular weight excluding hydrogens is 320 g/mol. The number of carbonyl (C=O) groups is 3. The second-order valence-electron chi connectivity index (χ2n) is 4.94. The van der Waals surface area contributed by atoms with Gasteiger partial charge in [0.05, 0.1) is 6.04 Å². The molecule has 1 unspecified atom stereocenters. The van der Waals surface area contributed by atoms with E-state index in [1.54, 1.807) is 24.3 Å². The zero-order valence-electron chi connectivity index (χ0n) is 13.0. The minimum atomic E-state index is -0.571. The molecule has 1 atom stereocenters. The lowest BCUT2D eigenvalue weighted by molar-refractivity contribution is -0.118. The first-order chi connectivity index (χ1) is 10.4. The summed E-state index contributed by atoms with van der Waals surface area (Å²) < 4.78 is 0. The van der Waals surface area contributed by atoms with Crippen molar-refractivity contribution >= 4 is 35.8 Å². The number of halogens is 1. The van der Waals surface area contributed by atoms with Gasteiger partial charge in [-0.25, -0.2) is 0 Å². The van der Waals surface area contributed by atoms with Crippen LogP contribution in [-0.4, -0.2) is 30.3 Å². The van der Waals surface area contributed by atoms with E-state index in [1.807, 2.05) is 6.92 Å². The van der Waals surface area contributed by atoms with E-state index in [2.05, 4.69) is 10.6 Å². The van der Waals surface area contributed by atoms with Crippen LogP contribution in [0, 0.1) is 0 Å². The van der Waals surface area contributed by atoms with Crippen molar-refractivity contribution in [3.63, 3.8) is 0 Å². The van der Waals surface area contributed by atoms with E-state index in [0.717, 1.165) is 6.42 Å². The number of amides is 3. The zero-order valence-corrected chi connectivity index (χ0v) is 13.8. The molecule has 23 heavy (non-hydrogen) atoms. The van der Waals surface area contributed by atoms with Gasteiger partial charge >= 0.3 is 0 Å². The highest BCUT2D eigenvalue weighted by atomic mass is 35.5. The number of carbonyl (C=O) groups excluding carboxylic acids is 3. The van der Waals surface area contributed by atoms with Crippen LogP contribution in [-0.2, 0) is 9.59 Å². The van der Waals surface area contributed by atoms with Crippen molar-refractivity contribution in [3.05, 3.63) is 29.8 Å². The molecule has 0 aliphatic carbocycles. The van der Waals surface area contributed by atoms with E-state index in [-0.39, 0.29) is 37.2 Å². The highest BCUT2D eigenvalue weighted by Crippen LogP contribution is 2.11. The van der Waals surface area contributed by atoms with Gasteiger partial charge in [-0.05, 0) is 24.6 Å². The van der Waals surface area contributed by atoms with Crippen molar-refractivity contribution in [2.24, 2.45) is 11.5 Å². The predicted octanol–water partition coefficient (Wildman–Crippen LogP) is 0.780. The largest absolute Gasteiger partial charge is 0.370 e. The Hall–Kier alpha value is -2.12. The number of hydrogen-bond donors (Lipinski definition) is 4. The van der Waals surface area contributed by atoms with Crippen LogP contribution in [0.2, 0.25) is 0 Å². The SMILES string of the molecule is CCCC(N)C(=O)Nc1cccc(C(=O)NCCC(N)=O)c1.Cl. The number of nitrogens with two attached hydrogens (primary N) is 2. The summed E-state index contributed by atoms with van der Waals surface area (Å²) in [6.45, 7) is 2.12. The van der Waals surface area contributed by atoms with Crippen molar-refractivity contribution < 1.29 is 14.4 Å². The van der Waals surface area contributed by atoms with Crippen LogP contribution in [0.1, 0.15) is 36.5 Å². The van der Waals surface area contributed by atoms with Gasteiger partial charge in [0, 0.05) is 24.2 Å². The molecule has 128 valence electrons. The Morgan fingerprint density at radius 3 is 2.57 bits per heavy atom. The molecule has 6 N–H and O–H groups in total. The summed E-state index contributed by atoms with van der Waals surface area (Å²) in [5.41, 5.74) is 11.6. The van der Waals surface area contributed by atoms with Gasteiger partial charge in [0.25, 0.3) is 5.91 Å². The van der Waals surface area contributed by atoms with Crippen LogP contribution >= 0.6 is 12.4 Å². The summed E-state index contributed by atoms with van der Waals surface area (Å²) in [6.07, 6.45) is 1.49. The van der Waals surface area contributed by atoms with E-state index >= 15 is 0 Å². The molecule has 0 bridgehead atoms. The van der Waals surface area contributed by atoms with E-state index in [4.69, 9.17) is 11.5 Å². The van der Waals surface area contributed by atoms with E-state index in [1.165, 1.54) is 0 Å². The summed E-state index contributed by atoms with van der Waals surface area (Å²) in [5.74, 6) is -1.10. The van der Waals surface area contributed by atoms with Crippen molar-refractivity contribution in [3.8, 4) is 0 Å². The van der Waals surface area contributed by atoms with E-state index in [9.17, 15) is 14.4 Å². The molecule has 8 heteroatoms. The maximum absolute atomic E-state index is 11.9. The Labute approximate surface area is 141 Å². The molecule has 1 rings (SSSR count). The standard InChI is InChI=1S/C15H22N4O3.ClH/c1-2-4-12(16)15(22)19-11-6-3-5-10(9-11)14(21)18-8-7-13(17)20;/h3,5-6,9,12H,2,4,7-8,16H2,1H3,(H2,17,20)(H,18,21)(H,19,22);1H. The number of primary amides is 1. The predicted molar refractivity (Wildman–Crippen MR) is 91.3 cm³/mol. The van der Waals surface area contributed by atoms with Gasteiger partial charge in [-0.15, -0.1) is 12.4 Å². The van der Waals surface area contributed by atoms with Crippen LogP contribution in [0.15, 0.2) is 24.3 Å². The maximum atomic E-state index is 11.9. The summed E-state index contributed by atoms with van der Waals surface area (Å²) in [5, 5.41) is 5.25. The molecule has 0 heterocycles. The fraction of sp³-hybridized carbons (Fsp3) is 0.400. The van der Waals surface area contributed by atoms with Gasteiger partial charge in [0.15, 0.2) is 0 Å². The van der Waals surface area contributed by atoms with Crippen molar-refractivity contribution in [1.29, 1.82) is 0 Å². The molecule has 0 aliphatic heterocycles. The van der Waals surface area contributed by atoms with Gasteiger partial charge in [-0.2, -0.15) is 0 Å². The molecule has 0 aliphatic rings. The van der Waals surface area contributed by atoms with Gasteiger partial charge in [0.1, 0.15) is 0 Å². The molecule has 0 saturated carbocycles. The Kier molecular flexibility index (Phi) is 9.60. The number of nitrogens with one attached hydrogen (secondary N) is 2. The summed E-state index contributed by atoms with van der Waals surface area (Å²) in [4.78, 5) is 34.4. The topological polar surface area (TPSA) is 127 Å². The van der Waals surface area contributed by atoms with Crippen LogP contribution < -0.4 is 22.1 Å². The molecule has 0 fully saturated rings. The van der Waals surface area contributed by atoms with Gasteiger partial charge in [0.2, 0.25) is 11.8 Å². The zero-order chi connectivity index (χ0) is 16.5. The van der Waals surface area contributed by atoms with Crippen LogP contribution in [0.4, 0.5) is 5.69 Å². The van der Waals surface area contributed by atoms with Gasteiger partial charge < -0.3 is 22.1 Å². The average Bonchev–Trinajstić information content (AvgIpc) is 2.47. The minimum absolute atomic E-state index is 0. The molecular formula is C15H23ClN4O3. The monoisotopic (exact) mass is 342 g/mol. The van der Waals surface area contributed by atoms with Crippen LogP contribution in [0.3, 0.4) is 0 Å². The fourth-order valence-corrected chi connectivity index (χ4v) is 1.82. The van der Waals surface area contributed by atoms with Crippen LogP contribution in [0.5, 0.6) is 0 Å². The summed E-state index contributed by atoms with van der Waals surface area (Å²) in [6, 6.07) is 5.93. The summed E-state index contributed by atoms with van der Waals surface area (Å²) in [7, 11) is 0. The molecule has 0 saturated heterocycles. The van der Waals surface area contributed by atoms with Gasteiger partial charge in [-0.1, -0.05) is 19.4 Å². The highest BCUT2D eigenvalue weighted by molar-refractivity contribution is 5.98. The van der Waals surface area contributed by atoms with Crippen molar-refractivity contribution in [1.82, 2.24) is 5.32 Å². The molecule has 0 spiro atoms. The van der Waals surface area contributed by atoms with Crippen LogP contribution in [0.25, 0.3) is 0 Å². The molecule has 1 aromatic carbocycles. The maximum Gasteiger partial charge on any atom is 0.251 e. The quantitative estimate of drug-likeness (QED) is 0.556. The first-order valence-electron chi connectivity index (χ1n) is 7.17. The second-order valence-corrected chi connectivity index (χ2v) is 4.94. The molecule has 0 radical (unpaired) electrons. The normalized spacial score (nSPS) is 11.0. The third kappa shape index (κ3) is 7.62. The van der Waals surface area contributed by atoms with Crippen molar-refractivity contribution in [2.45, 2.75) is 32.2 Å². The average molecular weight is 343 g/mol. The lowest BCUT2D eigenvalue weighted by Gasteiger charge is -2.12. The third-order valence-electron chi connectivity index (χ3n) is 2.99. The van der Waals surface area contributed by atoms with Gasteiger partial charge in [-0.3, -0.25) is 14.4 Å². The number of hydrogen-bond acceptors (Lipinski definition) is 4. The highest BCUT2D eigenvalue weighted by Gasteiger charge is 2.13. The summed E-state index contributed by atoms with van der Waals surface area (Å²) >= 11 is 0. The molecule has 7 nitrogen and oxygen atoms in total. The Bertz CT molecular complexity index is 551. The van der Waals surface area contributed by atoms with Crippen molar-refractivity contribution in [2.75, 3.05) is 11.9 Å². The smallest absolute Gasteiger partial charge is 0.251 e. The van der Waals surface area contributed by atoms with E-state index < -0.39 is 11.9 Å². The lowest BCUT2D eigenvalue weighted by Crippen LogP contribution is -2.35. The number of benzene rings is 1. The molecule has 3 amide bonds. The minimum Gasteiger partial charge on any atom is -0.370 e.